The molecule has 1 aliphatic heterocycles. The summed E-state index contributed by atoms with van der Waals surface area (Å²) in [6, 6.07) is 4.15. The zero-order chi connectivity index (χ0) is 15.6. The predicted molar refractivity (Wildman–Crippen MR) is 85.7 cm³/mol. The molecule has 1 amide bonds. The second kappa shape index (κ2) is 6.50. The van der Waals surface area contributed by atoms with Crippen LogP contribution in [0.1, 0.15) is 37.0 Å². The fraction of sp³-hybridized carbons (Fsp3) is 0.611. The zero-order valence-corrected chi connectivity index (χ0v) is 13.9. The minimum Gasteiger partial charge on any atom is -0.483 e. The average Bonchev–Trinajstić information content (AvgIpc) is 2.39. The molecular formula is C18H27NO2. The van der Waals surface area contributed by atoms with Gasteiger partial charge >= 0.3 is 0 Å². The highest BCUT2D eigenvalue weighted by Crippen LogP contribution is 2.24. The van der Waals surface area contributed by atoms with Crippen molar-refractivity contribution in [3.8, 4) is 5.75 Å². The van der Waals surface area contributed by atoms with Crippen molar-refractivity contribution in [2.75, 3.05) is 19.7 Å². The monoisotopic (exact) mass is 289 g/mol. The first-order valence-electron chi connectivity index (χ1n) is 7.85. The summed E-state index contributed by atoms with van der Waals surface area (Å²) >= 11 is 0. The molecule has 2 atom stereocenters. The molecule has 1 aliphatic rings. The van der Waals surface area contributed by atoms with E-state index in [1.807, 2.05) is 17.9 Å². The van der Waals surface area contributed by atoms with Gasteiger partial charge in [-0.05, 0) is 61.8 Å². The van der Waals surface area contributed by atoms with E-state index in [2.05, 4.69) is 33.8 Å². The lowest BCUT2D eigenvalue weighted by molar-refractivity contribution is -0.136. The zero-order valence-electron chi connectivity index (χ0n) is 13.9. The van der Waals surface area contributed by atoms with Gasteiger partial charge in [-0.2, -0.15) is 0 Å². The summed E-state index contributed by atoms with van der Waals surface area (Å²) < 4.78 is 5.79. The van der Waals surface area contributed by atoms with Crippen LogP contribution < -0.4 is 4.74 Å². The van der Waals surface area contributed by atoms with Crippen LogP contribution in [0.2, 0.25) is 0 Å². The number of hydrogen-bond acceptors (Lipinski definition) is 2. The van der Waals surface area contributed by atoms with Crippen LogP contribution in [0, 0.1) is 32.6 Å². The van der Waals surface area contributed by atoms with E-state index in [0.29, 0.717) is 11.8 Å². The van der Waals surface area contributed by atoms with Crippen LogP contribution >= 0.6 is 0 Å². The highest BCUT2D eigenvalue weighted by molar-refractivity contribution is 5.78. The first kappa shape index (κ1) is 15.9. The molecule has 1 aromatic rings. The number of benzene rings is 1. The van der Waals surface area contributed by atoms with Crippen molar-refractivity contribution in [2.24, 2.45) is 11.8 Å². The Kier molecular flexibility index (Phi) is 4.92. The number of nitrogens with zero attached hydrogens (tertiary/aromatic N) is 1. The maximum atomic E-state index is 12.3. The van der Waals surface area contributed by atoms with Crippen molar-refractivity contribution in [1.82, 2.24) is 4.90 Å². The number of hydrogen-bond donors (Lipinski definition) is 0. The Hall–Kier alpha value is -1.51. The third-order valence-corrected chi connectivity index (χ3v) is 4.34. The molecule has 21 heavy (non-hydrogen) atoms. The lowest BCUT2D eigenvalue weighted by Gasteiger charge is -2.35. The van der Waals surface area contributed by atoms with Crippen LogP contribution in [0.4, 0.5) is 0 Å². The van der Waals surface area contributed by atoms with Crippen LogP contribution in [-0.2, 0) is 4.79 Å². The average molecular weight is 289 g/mol. The summed E-state index contributed by atoms with van der Waals surface area (Å²) in [5.74, 6) is 2.10. The predicted octanol–water partition coefficient (Wildman–Crippen LogP) is 3.50. The van der Waals surface area contributed by atoms with Gasteiger partial charge in [0, 0.05) is 13.1 Å². The standard InChI is InChI=1S/C18H27NO2/c1-12-7-15(4)16(5)17(8-12)21-11-18(20)19-9-13(2)6-14(3)10-19/h7-8,13-14H,6,9-11H2,1-5H3. The topological polar surface area (TPSA) is 29.5 Å². The van der Waals surface area contributed by atoms with E-state index < -0.39 is 0 Å². The molecular weight excluding hydrogens is 262 g/mol. The molecule has 0 aliphatic carbocycles. The van der Waals surface area contributed by atoms with Crippen molar-refractivity contribution in [1.29, 1.82) is 0 Å². The Morgan fingerprint density at radius 3 is 2.43 bits per heavy atom. The summed E-state index contributed by atoms with van der Waals surface area (Å²) in [4.78, 5) is 14.3. The number of piperidine rings is 1. The smallest absolute Gasteiger partial charge is 0.260 e. The number of aryl methyl sites for hydroxylation is 2. The Labute approximate surface area is 128 Å². The number of likely N-dealkylation sites (tertiary alicyclic amines) is 1. The first-order chi connectivity index (χ1) is 9.86. The molecule has 0 radical (unpaired) electrons. The number of amides is 1. The highest BCUT2D eigenvalue weighted by atomic mass is 16.5. The van der Waals surface area contributed by atoms with Crippen LogP contribution in [0.5, 0.6) is 5.75 Å². The van der Waals surface area contributed by atoms with Crippen molar-refractivity contribution < 1.29 is 9.53 Å². The summed E-state index contributed by atoms with van der Waals surface area (Å²) in [6.45, 7) is 12.5. The molecule has 2 rings (SSSR count). The van der Waals surface area contributed by atoms with E-state index in [-0.39, 0.29) is 12.5 Å². The quantitative estimate of drug-likeness (QED) is 0.852. The minimum absolute atomic E-state index is 0.104. The Morgan fingerprint density at radius 2 is 1.81 bits per heavy atom. The van der Waals surface area contributed by atoms with Gasteiger partial charge in [-0.15, -0.1) is 0 Å². The molecule has 2 unspecified atom stereocenters. The lowest BCUT2D eigenvalue weighted by atomic mass is 9.92. The molecule has 3 heteroatoms. The van der Waals surface area contributed by atoms with E-state index in [0.717, 1.165) is 24.4 Å². The highest BCUT2D eigenvalue weighted by Gasteiger charge is 2.25. The van der Waals surface area contributed by atoms with Crippen molar-refractivity contribution >= 4 is 5.91 Å². The molecule has 116 valence electrons. The van der Waals surface area contributed by atoms with Crippen molar-refractivity contribution in [3.05, 3.63) is 28.8 Å². The first-order valence-corrected chi connectivity index (χ1v) is 7.85. The van der Waals surface area contributed by atoms with E-state index >= 15 is 0 Å². The van der Waals surface area contributed by atoms with Gasteiger partial charge in [0.15, 0.2) is 6.61 Å². The SMILES string of the molecule is Cc1cc(C)c(C)c(OCC(=O)N2CC(C)CC(C)C2)c1. The van der Waals surface area contributed by atoms with Gasteiger partial charge in [-0.1, -0.05) is 19.9 Å². The Bertz CT molecular complexity index is 514. The van der Waals surface area contributed by atoms with Gasteiger partial charge in [0.2, 0.25) is 0 Å². The van der Waals surface area contributed by atoms with Crippen LogP contribution in [0.25, 0.3) is 0 Å². The normalized spacial score (nSPS) is 22.2. The van der Waals surface area contributed by atoms with Gasteiger partial charge in [0.1, 0.15) is 5.75 Å². The third-order valence-electron chi connectivity index (χ3n) is 4.34. The number of carbonyl (C=O) groups excluding carboxylic acids is 1. The molecule has 0 aromatic heterocycles. The number of rotatable bonds is 3. The molecule has 1 saturated heterocycles. The number of ether oxygens (including phenoxy) is 1. The van der Waals surface area contributed by atoms with Gasteiger partial charge < -0.3 is 9.64 Å². The van der Waals surface area contributed by atoms with Crippen molar-refractivity contribution in [2.45, 2.75) is 41.0 Å². The summed E-state index contributed by atoms with van der Waals surface area (Å²) in [5, 5.41) is 0. The van der Waals surface area contributed by atoms with E-state index in [9.17, 15) is 4.79 Å². The van der Waals surface area contributed by atoms with Crippen LogP contribution in [-0.4, -0.2) is 30.5 Å². The van der Waals surface area contributed by atoms with Gasteiger partial charge in [0.05, 0.1) is 0 Å². The largest absolute Gasteiger partial charge is 0.483 e. The molecule has 3 nitrogen and oxygen atoms in total. The third kappa shape index (κ3) is 3.99. The molecule has 0 saturated carbocycles. The fourth-order valence-electron chi connectivity index (χ4n) is 3.25. The van der Waals surface area contributed by atoms with Gasteiger partial charge in [0.25, 0.3) is 5.91 Å². The number of carbonyl (C=O) groups is 1. The Morgan fingerprint density at radius 1 is 1.19 bits per heavy atom. The van der Waals surface area contributed by atoms with Gasteiger partial charge in [-0.3, -0.25) is 4.79 Å². The minimum atomic E-state index is 0.104. The molecule has 0 N–H and O–H groups in total. The summed E-state index contributed by atoms with van der Waals surface area (Å²) in [5.41, 5.74) is 3.49. The summed E-state index contributed by atoms with van der Waals surface area (Å²) in [6.07, 6.45) is 1.21. The maximum absolute atomic E-state index is 12.3. The second-order valence-corrected chi connectivity index (χ2v) is 6.74. The van der Waals surface area contributed by atoms with Crippen molar-refractivity contribution in [3.63, 3.8) is 0 Å². The molecule has 1 aromatic carbocycles. The molecule has 1 fully saturated rings. The fourth-order valence-corrected chi connectivity index (χ4v) is 3.25. The molecule has 1 heterocycles. The van der Waals surface area contributed by atoms with E-state index in [4.69, 9.17) is 4.74 Å². The maximum Gasteiger partial charge on any atom is 0.260 e. The van der Waals surface area contributed by atoms with E-state index in [1.165, 1.54) is 17.5 Å². The lowest BCUT2D eigenvalue weighted by Crippen LogP contribution is -2.44. The molecule has 0 bridgehead atoms. The van der Waals surface area contributed by atoms with Gasteiger partial charge in [-0.25, -0.2) is 0 Å². The molecule has 0 spiro atoms. The van der Waals surface area contributed by atoms with Crippen LogP contribution in [0.15, 0.2) is 12.1 Å². The van der Waals surface area contributed by atoms with E-state index in [1.54, 1.807) is 0 Å². The van der Waals surface area contributed by atoms with Crippen LogP contribution in [0.3, 0.4) is 0 Å². The Balaban J connectivity index is 1.98. The second-order valence-electron chi connectivity index (χ2n) is 6.74. The summed E-state index contributed by atoms with van der Waals surface area (Å²) in [7, 11) is 0.